The molecule has 0 aliphatic heterocycles. The van der Waals surface area contributed by atoms with Crippen LogP contribution in [-0.4, -0.2) is 30.4 Å². The van der Waals surface area contributed by atoms with E-state index in [9.17, 15) is 9.59 Å². The standard InChI is InChI=1S/C18H25NO3/c1-3-5-13-6-8-14(9-7-13)18(21)16(19-15-10-11-15)12-17(20)22-4-2/h6-9,15-16,19H,3-5,10-12H2,1-2H3. The SMILES string of the molecule is CCCc1ccc(C(=O)C(CC(=O)OCC)NC2CC2)cc1. The molecule has 1 N–H and O–H groups in total. The van der Waals surface area contributed by atoms with E-state index in [1.165, 1.54) is 5.56 Å². The van der Waals surface area contributed by atoms with Crippen LogP contribution in [0.25, 0.3) is 0 Å². The van der Waals surface area contributed by atoms with Crippen molar-refractivity contribution >= 4 is 11.8 Å². The van der Waals surface area contributed by atoms with Crippen molar-refractivity contribution in [2.24, 2.45) is 0 Å². The Balaban J connectivity index is 2.04. The molecule has 1 aliphatic carbocycles. The Morgan fingerprint density at radius 3 is 2.45 bits per heavy atom. The number of aryl methyl sites for hydroxylation is 1. The number of benzene rings is 1. The van der Waals surface area contributed by atoms with Gasteiger partial charge in [-0.15, -0.1) is 0 Å². The summed E-state index contributed by atoms with van der Waals surface area (Å²) in [5.41, 5.74) is 1.89. The number of hydrogen-bond acceptors (Lipinski definition) is 4. The van der Waals surface area contributed by atoms with E-state index in [1.54, 1.807) is 6.92 Å². The molecule has 0 saturated heterocycles. The number of esters is 1. The molecule has 0 heterocycles. The lowest BCUT2D eigenvalue weighted by Gasteiger charge is -2.17. The lowest BCUT2D eigenvalue weighted by molar-refractivity contribution is -0.143. The molecular weight excluding hydrogens is 278 g/mol. The van der Waals surface area contributed by atoms with E-state index in [0.29, 0.717) is 18.2 Å². The zero-order valence-corrected chi connectivity index (χ0v) is 13.4. The molecule has 1 aromatic carbocycles. The predicted octanol–water partition coefficient (Wildman–Crippen LogP) is 2.90. The predicted molar refractivity (Wildman–Crippen MR) is 86.0 cm³/mol. The summed E-state index contributed by atoms with van der Waals surface area (Å²) >= 11 is 0. The van der Waals surface area contributed by atoms with Gasteiger partial charge in [-0.3, -0.25) is 9.59 Å². The van der Waals surface area contributed by atoms with Crippen LogP contribution in [0.5, 0.6) is 0 Å². The van der Waals surface area contributed by atoms with Gasteiger partial charge in [0.1, 0.15) is 0 Å². The Morgan fingerprint density at radius 1 is 1.23 bits per heavy atom. The number of ether oxygens (including phenoxy) is 1. The lowest BCUT2D eigenvalue weighted by Crippen LogP contribution is -2.40. The first-order valence-electron chi connectivity index (χ1n) is 8.18. The first-order chi connectivity index (χ1) is 10.6. The average molecular weight is 303 g/mol. The number of hydrogen-bond donors (Lipinski definition) is 1. The molecule has 4 heteroatoms. The van der Waals surface area contributed by atoms with Gasteiger partial charge in [-0.05, 0) is 31.7 Å². The molecular formula is C18H25NO3. The normalized spacial score (nSPS) is 15.4. The molecule has 4 nitrogen and oxygen atoms in total. The van der Waals surface area contributed by atoms with Crippen LogP contribution in [0.2, 0.25) is 0 Å². The van der Waals surface area contributed by atoms with Crippen LogP contribution in [0.3, 0.4) is 0 Å². The number of rotatable bonds is 9. The Bertz CT molecular complexity index is 506. The molecule has 0 aromatic heterocycles. The molecule has 22 heavy (non-hydrogen) atoms. The summed E-state index contributed by atoms with van der Waals surface area (Å²) in [4.78, 5) is 24.4. The summed E-state index contributed by atoms with van der Waals surface area (Å²) < 4.78 is 4.98. The van der Waals surface area contributed by atoms with Crippen LogP contribution >= 0.6 is 0 Å². The third kappa shape index (κ3) is 4.95. The minimum Gasteiger partial charge on any atom is -0.466 e. The molecule has 0 bridgehead atoms. The molecule has 1 saturated carbocycles. The summed E-state index contributed by atoms with van der Waals surface area (Å²) in [5.74, 6) is -0.348. The van der Waals surface area contributed by atoms with E-state index in [-0.39, 0.29) is 18.2 Å². The Labute approximate surface area is 132 Å². The Hall–Kier alpha value is -1.68. The highest BCUT2D eigenvalue weighted by Gasteiger charge is 2.30. The van der Waals surface area contributed by atoms with Gasteiger partial charge in [0.05, 0.1) is 19.1 Å². The van der Waals surface area contributed by atoms with Gasteiger partial charge in [0.2, 0.25) is 0 Å². The number of Topliss-reactive ketones (excluding diaryl/α,β-unsaturated/α-hetero) is 1. The summed E-state index contributed by atoms with van der Waals surface area (Å²) in [6.07, 6.45) is 4.34. The summed E-state index contributed by atoms with van der Waals surface area (Å²) in [6.45, 7) is 4.25. The van der Waals surface area contributed by atoms with Crippen LogP contribution in [0.15, 0.2) is 24.3 Å². The van der Waals surface area contributed by atoms with Crippen molar-refractivity contribution in [1.82, 2.24) is 5.32 Å². The van der Waals surface area contributed by atoms with Crippen LogP contribution in [-0.2, 0) is 16.0 Å². The molecule has 0 spiro atoms. The third-order valence-electron chi connectivity index (χ3n) is 3.78. The van der Waals surface area contributed by atoms with Crippen molar-refractivity contribution < 1.29 is 14.3 Å². The fraction of sp³-hybridized carbons (Fsp3) is 0.556. The number of nitrogens with one attached hydrogen (secondary N) is 1. The van der Waals surface area contributed by atoms with Crippen molar-refractivity contribution in [1.29, 1.82) is 0 Å². The molecule has 1 aromatic rings. The third-order valence-corrected chi connectivity index (χ3v) is 3.78. The van der Waals surface area contributed by atoms with Gasteiger partial charge in [-0.1, -0.05) is 37.6 Å². The van der Waals surface area contributed by atoms with Crippen LogP contribution in [0.1, 0.15) is 55.5 Å². The maximum Gasteiger partial charge on any atom is 0.307 e. The van der Waals surface area contributed by atoms with E-state index in [0.717, 1.165) is 25.7 Å². The summed E-state index contributed by atoms with van der Waals surface area (Å²) in [7, 11) is 0. The maximum absolute atomic E-state index is 12.6. The highest BCUT2D eigenvalue weighted by Crippen LogP contribution is 2.21. The minimum absolute atomic E-state index is 0.0250. The first-order valence-corrected chi connectivity index (χ1v) is 8.18. The number of carbonyl (C=O) groups is 2. The van der Waals surface area contributed by atoms with Crippen LogP contribution < -0.4 is 5.32 Å². The van der Waals surface area contributed by atoms with Crippen molar-refractivity contribution in [3.8, 4) is 0 Å². The molecule has 1 atom stereocenters. The first kappa shape index (κ1) is 16.7. The molecule has 0 radical (unpaired) electrons. The minimum atomic E-state index is -0.483. The number of carbonyl (C=O) groups excluding carboxylic acids is 2. The van der Waals surface area contributed by atoms with E-state index < -0.39 is 6.04 Å². The molecule has 0 amide bonds. The Morgan fingerprint density at radius 2 is 1.91 bits per heavy atom. The molecule has 1 aliphatic rings. The fourth-order valence-corrected chi connectivity index (χ4v) is 2.47. The lowest BCUT2D eigenvalue weighted by atomic mass is 9.99. The molecule has 120 valence electrons. The van der Waals surface area contributed by atoms with E-state index in [2.05, 4.69) is 12.2 Å². The smallest absolute Gasteiger partial charge is 0.307 e. The highest BCUT2D eigenvalue weighted by molar-refractivity contribution is 6.01. The van der Waals surface area contributed by atoms with Crippen molar-refractivity contribution in [3.05, 3.63) is 35.4 Å². The summed E-state index contributed by atoms with van der Waals surface area (Å²) in [6, 6.07) is 7.59. The zero-order chi connectivity index (χ0) is 15.9. The van der Waals surface area contributed by atoms with Crippen LogP contribution in [0, 0.1) is 0 Å². The van der Waals surface area contributed by atoms with E-state index in [4.69, 9.17) is 4.74 Å². The van der Waals surface area contributed by atoms with Gasteiger partial charge in [-0.2, -0.15) is 0 Å². The van der Waals surface area contributed by atoms with Crippen molar-refractivity contribution in [3.63, 3.8) is 0 Å². The monoisotopic (exact) mass is 303 g/mol. The second-order valence-electron chi connectivity index (χ2n) is 5.81. The second-order valence-corrected chi connectivity index (χ2v) is 5.81. The zero-order valence-electron chi connectivity index (χ0n) is 13.4. The molecule has 1 fully saturated rings. The topological polar surface area (TPSA) is 55.4 Å². The highest BCUT2D eigenvalue weighted by atomic mass is 16.5. The number of ketones is 1. The fourth-order valence-electron chi connectivity index (χ4n) is 2.47. The second kappa shape index (κ2) is 8.08. The van der Waals surface area contributed by atoms with Gasteiger partial charge < -0.3 is 10.1 Å². The van der Waals surface area contributed by atoms with Gasteiger partial charge in [0.15, 0.2) is 5.78 Å². The molecule has 1 unspecified atom stereocenters. The van der Waals surface area contributed by atoms with Gasteiger partial charge in [0.25, 0.3) is 0 Å². The maximum atomic E-state index is 12.6. The Kier molecular flexibility index (Phi) is 6.13. The van der Waals surface area contributed by atoms with Gasteiger partial charge in [0, 0.05) is 11.6 Å². The van der Waals surface area contributed by atoms with Crippen LogP contribution in [0.4, 0.5) is 0 Å². The largest absolute Gasteiger partial charge is 0.466 e. The van der Waals surface area contributed by atoms with Gasteiger partial charge >= 0.3 is 5.97 Å². The average Bonchev–Trinajstić information content (AvgIpc) is 3.31. The van der Waals surface area contributed by atoms with Crippen molar-refractivity contribution in [2.75, 3.05) is 6.61 Å². The summed E-state index contributed by atoms with van der Waals surface area (Å²) in [5, 5.41) is 3.27. The van der Waals surface area contributed by atoms with E-state index in [1.807, 2.05) is 24.3 Å². The molecule has 2 rings (SSSR count). The quantitative estimate of drug-likeness (QED) is 0.563. The van der Waals surface area contributed by atoms with Gasteiger partial charge in [-0.25, -0.2) is 0 Å². The van der Waals surface area contributed by atoms with Crippen molar-refractivity contribution in [2.45, 2.75) is 58.0 Å². The van der Waals surface area contributed by atoms with E-state index >= 15 is 0 Å².